The van der Waals surface area contributed by atoms with Crippen molar-refractivity contribution < 1.29 is 4.42 Å². The molecule has 0 saturated heterocycles. The van der Waals surface area contributed by atoms with E-state index in [0.717, 1.165) is 61.5 Å². The number of benzene rings is 12. The van der Waals surface area contributed by atoms with Gasteiger partial charge in [0, 0.05) is 67.2 Å². The Kier molecular flexibility index (Phi) is 13.0. The number of para-hydroxylation sites is 2. The number of furan rings is 1. The SMILES string of the molecule is CC(C)(C)c1ccc(N(c2ccc(C(C)(C)C)cc2)c2ccc3c(c2)N(c2ccc(-c4cccc5c4oc4ccccc45)cc2)c2cc(C(C)(C)C)cc4c2B3c2cc(-c3ccccc3)ccc2N4c2ccc(-c3ccccc3)c3c2C(C)(C)c2ccccc2-3)cc1. The molecule has 1 aromatic heterocycles. The lowest BCUT2D eigenvalue weighted by Crippen LogP contribution is -2.61. The molecular formula is C87H76BN3O. The van der Waals surface area contributed by atoms with Gasteiger partial charge in [0.05, 0.1) is 5.69 Å². The van der Waals surface area contributed by atoms with Gasteiger partial charge in [0.25, 0.3) is 6.71 Å². The Labute approximate surface area is 543 Å². The summed E-state index contributed by atoms with van der Waals surface area (Å²) in [6, 6.07) is 98.4. The van der Waals surface area contributed by atoms with Crippen molar-refractivity contribution in [3.8, 4) is 44.5 Å². The molecule has 0 spiro atoms. The predicted molar refractivity (Wildman–Crippen MR) is 392 cm³/mol. The van der Waals surface area contributed by atoms with Crippen molar-refractivity contribution in [1.29, 1.82) is 0 Å². The van der Waals surface area contributed by atoms with Gasteiger partial charge in [-0.1, -0.05) is 258 Å². The fraction of sp³-hybridized carbons (Fsp3) is 0.172. The van der Waals surface area contributed by atoms with Gasteiger partial charge in [-0.2, -0.15) is 0 Å². The minimum absolute atomic E-state index is 0.00454. The Bertz CT molecular complexity index is 5000. The molecule has 0 unspecified atom stereocenters. The predicted octanol–water partition coefficient (Wildman–Crippen LogP) is 22.3. The molecule has 0 bridgehead atoms. The van der Waals surface area contributed by atoms with Crippen LogP contribution in [0.15, 0.2) is 265 Å². The number of hydrogen-bond acceptors (Lipinski definition) is 4. The number of nitrogens with zero attached hydrogens (tertiary/aromatic N) is 3. The van der Waals surface area contributed by atoms with E-state index in [9.17, 15) is 0 Å². The second-order valence-electron chi connectivity index (χ2n) is 29.3. The number of hydrogen-bond donors (Lipinski definition) is 0. The summed E-state index contributed by atoms with van der Waals surface area (Å²) in [5, 5.41) is 2.25. The summed E-state index contributed by atoms with van der Waals surface area (Å²) in [5.74, 6) is 0. The Morgan fingerprint density at radius 2 is 0.913 bits per heavy atom. The average molecular weight is 1190 g/mol. The summed E-state index contributed by atoms with van der Waals surface area (Å²) in [5.41, 5.74) is 31.4. The third-order valence-corrected chi connectivity index (χ3v) is 20.1. The largest absolute Gasteiger partial charge is 0.455 e. The van der Waals surface area contributed by atoms with Crippen molar-refractivity contribution >= 4 is 96.2 Å². The highest BCUT2D eigenvalue weighted by Gasteiger charge is 2.47. The van der Waals surface area contributed by atoms with Crippen LogP contribution in [0.1, 0.15) is 104 Å². The topological polar surface area (TPSA) is 22.9 Å². The van der Waals surface area contributed by atoms with E-state index in [4.69, 9.17) is 4.42 Å². The van der Waals surface area contributed by atoms with E-state index in [1.54, 1.807) is 0 Å². The maximum atomic E-state index is 6.70. The van der Waals surface area contributed by atoms with Crippen LogP contribution in [0.3, 0.4) is 0 Å². The molecule has 13 aromatic rings. The lowest BCUT2D eigenvalue weighted by molar-refractivity contribution is 0.590. The van der Waals surface area contributed by atoms with E-state index in [0.29, 0.717) is 0 Å². The normalized spacial score (nSPS) is 13.8. The summed E-state index contributed by atoms with van der Waals surface area (Å²) in [7, 11) is 0. The van der Waals surface area contributed by atoms with Gasteiger partial charge in [-0.05, 0) is 178 Å². The van der Waals surface area contributed by atoms with Crippen LogP contribution in [0.5, 0.6) is 0 Å². The third-order valence-electron chi connectivity index (χ3n) is 20.1. The first kappa shape index (κ1) is 57.1. The minimum Gasteiger partial charge on any atom is -0.455 e. The van der Waals surface area contributed by atoms with Crippen LogP contribution < -0.4 is 31.1 Å². The number of anilines is 9. The highest BCUT2D eigenvalue weighted by molar-refractivity contribution is 7.00. The molecule has 3 heterocycles. The summed E-state index contributed by atoms with van der Waals surface area (Å²) in [6.45, 7) is 25.6. The Balaban J connectivity index is 0.984. The third kappa shape index (κ3) is 9.17. The van der Waals surface area contributed by atoms with E-state index >= 15 is 0 Å². The molecule has 5 heteroatoms. The smallest absolute Gasteiger partial charge is 0.252 e. The van der Waals surface area contributed by atoms with Crippen molar-refractivity contribution in [2.24, 2.45) is 0 Å². The number of rotatable bonds is 8. The fourth-order valence-corrected chi connectivity index (χ4v) is 15.3. The molecule has 0 saturated carbocycles. The van der Waals surface area contributed by atoms with Crippen LogP contribution in [0.4, 0.5) is 51.2 Å². The molecule has 0 fully saturated rings. The van der Waals surface area contributed by atoms with Gasteiger partial charge in [0.1, 0.15) is 11.2 Å². The molecule has 92 heavy (non-hydrogen) atoms. The zero-order chi connectivity index (χ0) is 63.2. The van der Waals surface area contributed by atoms with Gasteiger partial charge < -0.3 is 19.1 Å². The van der Waals surface area contributed by atoms with Crippen molar-refractivity contribution in [2.75, 3.05) is 14.7 Å². The first-order valence-corrected chi connectivity index (χ1v) is 32.8. The zero-order valence-corrected chi connectivity index (χ0v) is 54.7. The zero-order valence-electron chi connectivity index (χ0n) is 54.7. The maximum Gasteiger partial charge on any atom is 0.252 e. The molecule has 12 aromatic carbocycles. The Morgan fingerprint density at radius 3 is 1.58 bits per heavy atom. The molecular weight excluding hydrogens is 1110 g/mol. The van der Waals surface area contributed by atoms with Crippen LogP contribution in [0, 0.1) is 0 Å². The van der Waals surface area contributed by atoms with Crippen LogP contribution in [0.25, 0.3) is 66.4 Å². The summed E-state index contributed by atoms with van der Waals surface area (Å²) in [6.07, 6.45) is 0. The van der Waals surface area contributed by atoms with Gasteiger partial charge in [-0.3, -0.25) is 0 Å². The molecule has 4 nitrogen and oxygen atoms in total. The molecule has 448 valence electrons. The van der Waals surface area contributed by atoms with Crippen molar-refractivity contribution in [2.45, 2.75) is 97.8 Å². The van der Waals surface area contributed by atoms with E-state index in [1.807, 2.05) is 0 Å². The van der Waals surface area contributed by atoms with Gasteiger partial charge in [0.15, 0.2) is 0 Å². The molecule has 1 aliphatic carbocycles. The summed E-state index contributed by atoms with van der Waals surface area (Å²) in [4.78, 5) is 7.74. The van der Waals surface area contributed by atoms with Crippen LogP contribution in [0.2, 0.25) is 0 Å². The second-order valence-corrected chi connectivity index (χ2v) is 29.3. The van der Waals surface area contributed by atoms with Crippen LogP contribution in [-0.2, 0) is 21.7 Å². The quantitative estimate of drug-likeness (QED) is 0.141. The second kappa shape index (κ2) is 21.0. The number of fused-ring (bicyclic) bond motifs is 10. The van der Waals surface area contributed by atoms with Crippen LogP contribution >= 0.6 is 0 Å². The minimum atomic E-state index is -0.343. The van der Waals surface area contributed by atoms with E-state index < -0.39 is 0 Å². The first-order chi connectivity index (χ1) is 44.3. The molecule has 0 amide bonds. The van der Waals surface area contributed by atoms with Gasteiger partial charge in [0.2, 0.25) is 0 Å². The highest BCUT2D eigenvalue weighted by atomic mass is 16.3. The van der Waals surface area contributed by atoms with Crippen LogP contribution in [-0.4, -0.2) is 6.71 Å². The van der Waals surface area contributed by atoms with Gasteiger partial charge >= 0.3 is 0 Å². The fourth-order valence-electron chi connectivity index (χ4n) is 15.3. The average Bonchev–Trinajstić information content (AvgIpc) is 1.04. The van der Waals surface area contributed by atoms with Gasteiger partial charge in [-0.25, -0.2) is 0 Å². The molecule has 3 aliphatic rings. The Hall–Kier alpha value is -10.1. The molecule has 16 rings (SSSR count). The van der Waals surface area contributed by atoms with Crippen molar-refractivity contribution in [3.05, 3.63) is 289 Å². The lowest BCUT2D eigenvalue weighted by Gasteiger charge is -2.46. The maximum absolute atomic E-state index is 6.70. The molecule has 2 aliphatic heterocycles. The first-order valence-electron chi connectivity index (χ1n) is 32.8. The van der Waals surface area contributed by atoms with Crippen molar-refractivity contribution in [1.82, 2.24) is 0 Å². The molecule has 0 radical (unpaired) electrons. The molecule has 0 N–H and O–H groups in total. The van der Waals surface area contributed by atoms with E-state index in [1.165, 1.54) is 100 Å². The van der Waals surface area contributed by atoms with Crippen molar-refractivity contribution in [3.63, 3.8) is 0 Å². The van der Waals surface area contributed by atoms with E-state index in [-0.39, 0.29) is 28.4 Å². The lowest BCUT2D eigenvalue weighted by atomic mass is 9.33. The summed E-state index contributed by atoms with van der Waals surface area (Å²) >= 11 is 0. The Morgan fingerprint density at radius 1 is 0.370 bits per heavy atom. The molecule has 0 atom stereocenters. The van der Waals surface area contributed by atoms with Gasteiger partial charge in [-0.15, -0.1) is 0 Å². The monoisotopic (exact) mass is 1190 g/mol. The highest BCUT2D eigenvalue weighted by Crippen LogP contribution is 2.58. The van der Waals surface area contributed by atoms with E-state index in [2.05, 4.69) is 352 Å². The summed E-state index contributed by atoms with van der Waals surface area (Å²) < 4.78 is 6.70. The standard InChI is InChI=1S/C87H76BN3O/c1-84(2,3)59-36-42-62(43-37-59)89(63-44-38-60(39-45-63)85(4,5)6)65-46-48-72-76(54-65)90(64-40-33-57(34-41-64)67-29-22-30-69-68-27-19-21-32-79(68)92-83(67)69)77-52-61(86(7,8)9)53-78-82(77)88(72)73-51-58(55-23-14-12-15-24-55)35-49-74(73)91(78)75-50-47-66(56-25-16-13-17-26-56)80-70-28-18-20-31-71(70)87(10,11)81(75)80/h12-54H,1-11H3.